The summed E-state index contributed by atoms with van der Waals surface area (Å²) < 4.78 is 37.0. The number of benzene rings is 2. The van der Waals surface area contributed by atoms with E-state index in [-0.39, 0.29) is 17.2 Å². The van der Waals surface area contributed by atoms with E-state index in [2.05, 4.69) is 4.99 Å². The number of hydrogen-bond acceptors (Lipinski definition) is 6. The summed E-state index contributed by atoms with van der Waals surface area (Å²) in [6.45, 7) is 2.88. The van der Waals surface area contributed by atoms with Crippen LogP contribution in [0, 0.1) is 6.92 Å². The Kier molecular flexibility index (Phi) is 6.74. The maximum Gasteiger partial charge on any atom is 0.252 e. The predicted molar refractivity (Wildman–Crippen MR) is 117 cm³/mol. The van der Waals surface area contributed by atoms with Crippen molar-refractivity contribution in [3.8, 4) is 5.75 Å². The zero-order valence-corrected chi connectivity index (χ0v) is 19.0. The Morgan fingerprint density at radius 1 is 1.17 bits per heavy atom. The molecule has 0 spiro atoms. The third-order valence-electron chi connectivity index (χ3n) is 4.60. The first kappa shape index (κ1) is 22.2. The van der Waals surface area contributed by atoms with Gasteiger partial charge in [0.2, 0.25) is 0 Å². The van der Waals surface area contributed by atoms with Crippen LogP contribution in [0.15, 0.2) is 46.3 Å². The number of fused-ring (bicyclic) bond motifs is 1. The van der Waals surface area contributed by atoms with Crippen molar-refractivity contribution in [3.05, 3.63) is 52.3 Å². The smallest absolute Gasteiger partial charge is 0.252 e. The summed E-state index contributed by atoms with van der Waals surface area (Å²) in [5, 5.41) is 0. The van der Waals surface area contributed by atoms with Crippen LogP contribution in [0.5, 0.6) is 5.75 Å². The first-order valence-electron chi connectivity index (χ1n) is 9.26. The number of rotatable bonds is 7. The molecule has 30 heavy (non-hydrogen) atoms. The van der Waals surface area contributed by atoms with Crippen LogP contribution in [-0.4, -0.2) is 46.0 Å². The van der Waals surface area contributed by atoms with Gasteiger partial charge in [0.25, 0.3) is 5.91 Å². The van der Waals surface area contributed by atoms with Crippen molar-refractivity contribution in [2.45, 2.75) is 24.8 Å². The van der Waals surface area contributed by atoms with Crippen LogP contribution in [0.4, 0.5) is 0 Å². The highest BCUT2D eigenvalue weighted by atomic mass is 32.2. The van der Waals surface area contributed by atoms with Gasteiger partial charge < -0.3 is 14.0 Å². The van der Waals surface area contributed by atoms with Gasteiger partial charge in [-0.15, -0.1) is 0 Å². The fourth-order valence-electron chi connectivity index (χ4n) is 3.12. The van der Waals surface area contributed by atoms with Gasteiger partial charge in [-0.25, -0.2) is 8.42 Å². The van der Waals surface area contributed by atoms with E-state index in [9.17, 15) is 13.2 Å². The van der Waals surface area contributed by atoms with Crippen molar-refractivity contribution < 1.29 is 22.7 Å². The van der Waals surface area contributed by atoms with Crippen molar-refractivity contribution in [1.82, 2.24) is 4.57 Å². The topological polar surface area (TPSA) is 87.0 Å². The van der Waals surface area contributed by atoms with Gasteiger partial charge in [0.05, 0.1) is 35.2 Å². The van der Waals surface area contributed by atoms with Crippen molar-refractivity contribution in [1.29, 1.82) is 0 Å². The molecule has 1 aromatic heterocycles. The number of carbonyl (C=O) groups is 1. The van der Waals surface area contributed by atoms with Crippen LogP contribution >= 0.6 is 11.3 Å². The first-order valence-corrected chi connectivity index (χ1v) is 12.0. The molecule has 0 saturated carbocycles. The SMILES string of the molecule is COCCn1c(=NC(=O)Cc2cc(C)ccc2OC)sc2cc(S(C)(=O)=O)ccc21. The lowest BCUT2D eigenvalue weighted by Crippen LogP contribution is -2.19. The molecule has 0 aliphatic carbocycles. The highest BCUT2D eigenvalue weighted by molar-refractivity contribution is 7.90. The number of aromatic nitrogens is 1. The van der Waals surface area contributed by atoms with E-state index < -0.39 is 9.84 Å². The summed E-state index contributed by atoms with van der Waals surface area (Å²) in [4.78, 5) is 17.8. The predicted octanol–water partition coefficient (Wildman–Crippen LogP) is 2.74. The lowest BCUT2D eigenvalue weighted by Gasteiger charge is -2.07. The van der Waals surface area contributed by atoms with Crippen molar-refractivity contribution in [3.63, 3.8) is 0 Å². The number of ether oxygens (including phenoxy) is 2. The zero-order chi connectivity index (χ0) is 21.9. The number of aryl methyl sites for hydroxylation is 1. The Bertz CT molecular complexity index is 1260. The van der Waals surface area contributed by atoms with Gasteiger partial charge in [-0.05, 0) is 31.2 Å². The average molecular weight is 449 g/mol. The zero-order valence-electron chi connectivity index (χ0n) is 17.3. The molecule has 0 saturated heterocycles. The number of amides is 1. The molecule has 160 valence electrons. The van der Waals surface area contributed by atoms with Crippen LogP contribution in [0.1, 0.15) is 11.1 Å². The Morgan fingerprint density at radius 3 is 2.60 bits per heavy atom. The number of methoxy groups -OCH3 is 2. The van der Waals surface area contributed by atoms with Gasteiger partial charge in [-0.3, -0.25) is 4.79 Å². The summed E-state index contributed by atoms with van der Waals surface area (Å²) in [7, 11) is -0.160. The minimum absolute atomic E-state index is 0.109. The molecule has 7 nitrogen and oxygen atoms in total. The standard InChI is InChI=1S/C21H24N2O5S2/c1-14-5-8-18(28-3)15(11-14)12-20(24)22-21-23(9-10-27-2)17-7-6-16(30(4,25)26)13-19(17)29-21/h5-8,11,13H,9-10,12H2,1-4H3. The average Bonchev–Trinajstić information content (AvgIpc) is 3.01. The lowest BCUT2D eigenvalue weighted by atomic mass is 10.1. The van der Waals surface area contributed by atoms with Gasteiger partial charge in [-0.2, -0.15) is 4.99 Å². The van der Waals surface area contributed by atoms with Crippen LogP contribution in [0.25, 0.3) is 10.2 Å². The van der Waals surface area contributed by atoms with Gasteiger partial charge in [0.15, 0.2) is 14.6 Å². The molecule has 0 fully saturated rings. The minimum atomic E-state index is -3.33. The Morgan fingerprint density at radius 2 is 1.93 bits per heavy atom. The van der Waals surface area contributed by atoms with Gasteiger partial charge in [0, 0.05) is 25.5 Å². The molecular weight excluding hydrogens is 424 g/mol. The molecule has 1 heterocycles. The second-order valence-corrected chi connectivity index (χ2v) is 9.95. The first-order chi connectivity index (χ1) is 14.2. The number of sulfone groups is 1. The fourth-order valence-corrected chi connectivity index (χ4v) is 4.96. The van der Waals surface area contributed by atoms with Crippen LogP contribution < -0.4 is 9.54 Å². The Balaban J connectivity index is 2.05. The van der Waals surface area contributed by atoms with E-state index in [0.29, 0.717) is 23.7 Å². The van der Waals surface area contributed by atoms with E-state index >= 15 is 0 Å². The second kappa shape index (κ2) is 9.11. The number of thiazole rings is 1. The lowest BCUT2D eigenvalue weighted by molar-refractivity contribution is -0.117. The molecule has 1 amide bonds. The van der Waals surface area contributed by atoms with E-state index in [1.807, 2.05) is 29.7 Å². The molecule has 0 aliphatic heterocycles. The molecule has 9 heteroatoms. The van der Waals surface area contributed by atoms with Crippen molar-refractivity contribution in [2.75, 3.05) is 27.1 Å². The maximum atomic E-state index is 12.7. The van der Waals surface area contributed by atoms with Gasteiger partial charge in [-0.1, -0.05) is 29.0 Å². The molecule has 0 N–H and O–H groups in total. The van der Waals surface area contributed by atoms with Crippen molar-refractivity contribution in [2.24, 2.45) is 4.99 Å². The highest BCUT2D eigenvalue weighted by Gasteiger charge is 2.14. The molecule has 2 aromatic carbocycles. The van der Waals surface area contributed by atoms with Crippen LogP contribution in [0.2, 0.25) is 0 Å². The molecule has 0 bridgehead atoms. The molecule has 0 unspecified atom stereocenters. The normalized spacial score (nSPS) is 12.5. The van der Waals surface area contributed by atoms with Crippen LogP contribution in [0.3, 0.4) is 0 Å². The summed E-state index contributed by atoms with van der Waals surface area (Å²) in [5.74, 6) is 0.338. The van der Waals surface area contributed by atoms with E-state index in [4.69, 9.17) is 9.47 Å². The fraction of sp³-hybridized carbons (Fsp3) is 0.333. The summed E-state index contributed by atoms with van der Waals surface area (Å²) >= 11 is 1.28. The number of nitrogens with zero attached hydrogens (tertiary/aromatic N) is 2. The minimum Gasteiger partial charge on any atom is -0.496 e. The molecule has 0 aliphatic rings. The molecule has 3 rings (SSSR count). The second-order valence-electron chi connectivity index (χ2n) is 6.93. The van der Waals surface area contributed by atoms with Gasteiger partial charge in [0.1, 0.15) is 5.75 Å². The van der Waals surface area contributed by atoms with Gasteiger partial charge >= 0.3 is 0 Å². The third-order valence-corrected chi connectivity index (χ3v) is 6.75. The number of hydrogen-bond donors (Lipinski definition) is 0. The molecule has 0 radical (unpaired) electrons. The largest absolute Gasteiger partial charge is 0.496 e. The van der Waals surface area contributed by atoms with Crippen LogP contribution in [-0.2, 0) is 32.3 Å². The summed E-state index contributed by atoms with van der Waals surface area (Å²) in [5.41, 5.74) is 2.61. The van der Waals surface area contributed by atoms with E-state index in [1.54, 1.807) is 32.4 Å². The number of carbonyl (C=O) groups excluding carboxylic acids is 1. The third kappa shape index (κ3) is 4.97. The Labute approximate surface area is 179 Å². The molecule has 3 aromatic rings. The summed E-state index contributed by atoms with van der Waals surface area (Å²) in [6.07, 6.45) is 1.28. The Hall–Kier alpha value is -2.49. The summed E-state index contributed by atoms with van der Waals surface area (Å²) in [6, 6.07) is 10.6. The monoisotopic (exact) mass is 448 g/mol. The molecule has 0 atom stereocenters. The quantitative estimate of drug-likeness (QED) is 0.555. The highest BCUT2D eigenvalue weighted by Crippen LogP contribution is 2.23. The van der Waals surface area contributed by atoms with Crippen molar-refractivity contribution >= 4 is 37.3 Å². The maximum absolute atomic E-state index is 12.7. The van der Waals surface area contributed by atoms with E-state index in [0.717, 1.165) is 21.3 Å². The molecular formula is C21H24N2O5S2. The van der Waals surface area contributed by atoms with E-state index in [1.165, 1.54) is 17.6 Å².